The zero-order valence-electron chi connectivity index (χ0n) is 14.4. The molecule has 3 rings (SSSR count). The van der Waals surface area contributed by atoms with Gasteiger partial charge < -0.3 is 5.32 Å². The van der Waals surface area contributed by atoms with Crippen LogP contribution in [0.3, 0.4) is 0 Å². The van der Waals surface area contributed by atoms with Gasteiger partial charge in [-0.25, -0.2) is 4.68 Å². The highest BCUT2D eigenvalue weighted by Crippen LogP contribution is 2.23. The number of halogens is 1. The van der Waals surface area contributed by atoms with Crippen molar-refractivity contribution in [2.45, 2.75) is 12.7 Å². The van der Waals surface area contributed by atoms with Crippen LogP contribution in [0.1, 0.15) is 21.6 Å². The molecule has 3 aromatic rings. The zero-order chi connectivity index (χ0) is 18.7. The van der Waals surface area contributed by atoms with Crippen molar-refractivity contribution in [1.29, 1.82) is 0 Å². The number of rotatable bonds is 5. The molecule has 0 aliphatic carbocycles. The highest BCUT2D eigenvalue weighted by Gasteiger charge is 2.15. The molecule has 1 heterocycles. The Morgan fingerprint density at radius 3 is 2.65 bits per heavy atom. The molecule has 0 saturated carbocycles. The number of para-hydroxylation sites is 1. The van der Waals surface area contributed by atoms with Gasteiger partial charge in [0.1, 0.15) is 0 Å². The van der Waals surface area contributed by atoms with Crippen LogP contribution in [0.5, 0.6) is 0 Å². The molecule has 2 aromatic carbocycles. The summed E-state index contributed by atoms with van der Waals surface area (Å²) in [5, 5.41) is 7.80. The van der Waals surface area contributed by atoms with Crippen molar-refractivity contribution in [2.75, 3.05) is 11.6 Å². The van der Waals surface area contributed by atoms with E-state index in [0.29, 0.717) is 27.7 Å². The second-order valence-electron chi connectivity index (χ2n) is 5.89. The molecule has 0 bridgehead atoms. The third kappa shape index (κ3) is 4.20. The van der Waals surface area contributed by atoms with Crippen LogP contribution in [-0.4, -0.2) is 26.2 Å². The zero-order valence-corrected chi connectivity index (χ0v) is 16.0. The van der Waals surface area contributed by atoms with E-state index in [4.69, 9.17) is 11.6 Å². The van der Waals surface area contributed by atoms with Gasteiger partial charge in [0.25, 0.3) is 5.91 Å². The van der Waals surface area contributed by atoms with E-state index in [1.54, 1.807) is 42.3 Å². The van der Waals surface area contributed by atoms with E-state index in [1.807, 2.05) is 30.3 Å². The topological polar surface area (TPSA) is 64.0 Å². The van der Waals surface area contributed by atoms with Gasteiger partial charge in [0.05, 0.1) is 16.9 Å². The fourth-order valence-electron chi connectivity index (χ4n) is 2.58. The van der Waals surface area contributed by atoms with Crippen LogP contribution < -0.4 is 5.32 Å². The molecule has 0 fully saturated rings. The molecule has 1 aromatic heterocycles. The Balaban J connectivity index is 1.83. The van der Waals surface area contributed by atoms with Gasteiger partial charge in [-0.3, -0.25) is 9.00 Å². The normalized spacial score (nSPS) is 12.0. The molecular formula is C19H18ClN3O2S. The van der Waals surface area contributed by atoms with E-state index in [9.17, 15) is 9.00 Å². The van der Waals surface area contributed by atoms with E-state index in [2.05, 4.69) is 10.4 Å². The minimum Gasteiger partial charge on any atom is -0.322 e. The van der Waals surface area contributed by atoms with Crippen LogP contribution >= 0.6 is 11.6 Å². The molecule has 134 valence electrons. The summed E-state index contributed by atoms with van der Waals surface area (Å²) in [4.78, 5) is 12.6. The van der Waals surface area contributed by atoms with Crippen LogP contribution in [0, 0.1) is 6.92 Å². The summed E-state index contributed by atoms with van der Waals surface area (Å²) in [6, 6.07) is 14.8. The second-order valence-corrected chi connectivity index (χ2v) is 7.73. The Kier molecular flexibility index (Phi) is 5.54. The minimum atomic E-state index is -1.02. The largest absolute Gasteiger partial charge is 0.322 e. The van der Waals surface area contributed by atoms with Crippen LogP contribution in [0.15, 0.2) is 54.7 Å². The number of anilines is 1. The van der Waals surface area contributed by atoms with Gasteiger partial charge in [0.15, 0.2) is 0 Å². The van der Waals surface area contributed by atoms with Gasteiger partial charge in [0, 0.05) is 39.7 Å². The standard InChI is InChI=1S/C19H18ClN3O2S/c1-13-17(11-23(22-13)16-6-4-3-5-7-16)19(24)21-15-8-9-18(20)14(10-15)12-26(2)25/h3-11H,12H2,1-2H3,(H,21,24). The molecule has 7 heteroatoms. The van der Waals surface area contributed by atoms with E-state index >= 15 is 0 Å². The summed E-state index contributed by atoms with van der Waals surface area (Å²) >= 11 is 6.13. The second kappa shape index (κ2) is 7.85. The fourth-order valence-corrected chi connectivity index (χ4v) is 3.52. The smallest absolute Gasteiger partial charge is 0.259 e. The number of aryl methyl sites for hydroxylation is 1. The van der Waals surface area contributed by atoms with Crippen LogP contribution in [0.2, 0.25) is 5.02 Å². The summed E-state index contributed by atoms with van der Waals surface area (Å²) in [6.45, 7) is 1.79. The number of aromatic nitrogens is 2. The van der Waals surface area contributed by atoms with Crippen molar-refractivity contribution in [2.24, 2.45) is 0 Å². The first-order valence-electron chi connectivity index (χ1n) is 7.95. The average molecular weight is 388 g/mol. The van der Waals surface area contributed by atoms with Crippen molar-refractivity contribution in [3.05, 3.63) is 76.6 Å². The van der Waals surface area contributed by atoms with Crippen LogP contribution in [0.25, 0.3) is 5.69 Å². The average Bonchev–Trinajstić information content (AvgIpc) is 3.00. The van der Waals surface area contributed by atoms with Crippen LogP contribution in [-0.2, 0) is 16.6 Å². The summed E-state index contributed by atoms with van der Waals surface area (Å²) in [5.74, 6) is 0.0867. The number of carbonyl (C=O) groups excluding carboxylic acids is 1. The van der Waals surface area contributed by atoms with E-state index < -0.39 is 10.8 Å². The Labute approximate surface area is 159 Å². The third-order valence-electron chi connectivity index (χ3n) is 3.83. The van der Waals surface area contributed by atoms with Gasteiger partial charge in [-0.1, -0.05) is 29.8 Å². The van der Waals surface area contributed by atoms with Gasteiger partial charge in [0.2, 0.25) is 0 Å². The molecule has 0 saturated heterocycles. The first kappa shape index (κ1) is 18.4. The van der Waals surface area contributed by atoms with E-state index in [0.717, 1.165) is 11.3 Å². The lowest BCUT2D eigenvalue weighted by Gasteiger charge is -2.08. The Morgan fingerprint density at radius 2 is 1.96 bits per heavy atom. The molecule has 0 radical (unpaired) electrons. The molecular weight excluding hydrogens is 370 g/mol. The maximum Gasteiger partial charge on any atom is 0.259 e. The molecule has 0 aliphatic rings. The number of hydrogen-bond donors (Lipinski definition) is 1. The predicted octanol–water partition coefficient (Wildman–Crippen LogP) is 3.96. The third-order valence-corrected chi connectivity index (χ3v) is 4.91. The highest BCUT2D eigenvalue weighted by molar-refractivity contribution is 7.83. The summed E-state index contributed by atoms with van der Waals surface area (Å²) in [7, 11) is -1.02. The summed E-state index contributed by atoms with van der Waals surface area (Å²) in [5.41, 5.74) is 3.35. The predicted molar refractivity (Wildman–Crippen MR) is 105 cm³/mol. The maximum atomic E-state index is 12.6. The molecule has 5 nitrogen and oxygen atoms in total. The molecule has 0 aliphatic heterocycles. The molecule has 1 unspecified atom stereocenters. The quantitative estimate of drug-likeness (QED) is 0.720. The first-order chi connectivity index (χ1) is 12.4. The van der Waals surface area contributed by atoms with Crippen molar-refractivity contribution in [3.8, 4) is 5.69 Å². The van der Waals surface area contributed by atoms with Crippen molar-refractivity contribution >= 4 is 34.0 Å². The van der Waals surface area contributed by atoms with Gasteiger partial charge in [-0.05, 0) is 42.8 Å². The summed E-state index contributed by atoms with van der Waals surface area (Å²) < 4.78 is 13.1. The Hall–Kier alpha value is -2.44. The van der Waals surface area contributed by atoms with Gasteiger partial charge in [-0.2, -0.15) is 5.10 Å². The highest BCUT2D eigenvalue weighted by atomic mass is 35.5. The molecule has 1 amide bonds. The minimum absolute atomic E-state index is 0.254. The monoisotopic (exact) mass is 387 g/mol. The Morgan fingerprint density at radius 1 is 1.23 bits per heavy atom. The van der Waals surface area contributed by atoms with E-state index in [1.165, 1.54) is 0 Å². The number of amides is 1. The number of benzene rings is 2. The lowest BCUT2D eigenvalue weighted by molar-refractivity contribution is 0.102. The van der Waals surface area contributed by atoms with E-state index in [-0.39, 0.29) is 5.91 Å². The Bertz CT molecular complexity index is 970. The van der Waals surface area contributed by atoms with Gasteiger partial charge >= 0.3 is 0 Å². The summed E-state index contributed by atoms with van der Waals surface area (Å²) in [6.07, 6.45) is 3.32. The fraction of sp³-hybridized carbons (Fsp3) is 0.158. The van der Waals surface area contributed by atoms with Crippen LogP contribution in [0.4, 0.5) is 5.69 Å². The molecule has 1 N–H and O–H groups in total. The lowest BCUT2D eigenvalue weighted by atomic mass is 10.2. The van der Waals surface area contributed by atoms with Crippen molar-refractivity contribution in [3.63, 3.8) is 0 Å². The lowest BCUT2D eigenvalue weighted by Crippen LogP contribution is -2.12. The van der Waals surface area contributed by atoms with Gasteiger partial charge in [-0.15, -0.1) is 0 Å². The first-order valence-corrected chi connectivity index (χ1v) is 10.1. The van der Waals surface area contributed by atoms with Crippen molar-refractivity contribution in [1.82, 2.24) is 9.78 Å². The maximum absolute atomic E-state index is 12.6. The number of nitrogens with one attached hydrogen (secondary N) is 1. The molecule has 1 atom stereocenters. The SMILES string of the molecule is Cc1nn(-c2ccccc2)cc1C(=O)Nc1ccc(Cl)c(CS(C)=O)c1. The number of nitrogens with zero attached hydrogens (tertiary/aromatic N) is 2. The number of hydrogen-bond acceptors (Lipinski definition) is 3. The number of carbonyl (C=O) groups is 1. The molecule has 26 heavy (non-hydrogen) atoms. The molecule has 0 spiro atoms. The van der Waals surface area contributed by atoms with Crippen molar-refractivity contribution < 1.29 is 9.00 Å².